The molecule has 2 aliphatic rings. The van der Waals surface area contributed by atoms with Crippen molar-refractivity contribution in [1.82, 2.24) is 10.2 Å². The Morgan fingerprint density at radius 3 is 1.90 bits per heavy atom. The minimum atomic E-state index is -1.64. The lowest BCUT2D eigenvalue weighted by molar-refractivity contribution is -0.155. The zero-order valence-electron chi connectivity index (χ0n) is 21.4. The number of carbonyl (C=O) groups is 4. The van der Waals surface area contributed by atoms with Gasteiger partial charge in [-0.25, -0.2) is 4.79 Å². The van der Waals surface area contributed by atoms with Crippen LogP contribution in [0.25, 0.3) is 0 Å². The van der Waals surface area contributed by atoms with Crippen molar-refractivity contribution in [3.05, 3.63) is 119 Å². The molecule has 3 aromatic carbocycles. The topological polar surface area (TPSA) is 130 Å². The van der Waals surface area contributed by atoms with Gasteiger partial charge in [0.05, 0.1) is 10.8 Å². The Bertz CT molecular complexity index is 1470. The molecule has 0 radical (unpaired) electrons. The monoisotopic (exact) mass is 558 g/mol. The highest BCUT2D eigenvalue weighted by Crippen LogP contribution is 2.35. The van der Waals surface area contributed by atoms with Crippen LogP contribution >= 0.6 is 0 Å². The first-order valence-electron chi connectivity index (χ1n) is 12.6. The molecule has 204 valence electrons. The standard InChI is InChI=1S/C30H26N2O7S/c1-18-17-40(38)28-23(27(34)32(28)24(18)29(35)36)31-26(33)22(19-11-5-2-6-12-19)30(37)39-25(20-13-7-3-8-14-20)21-15-9-4-10-16-21/h2-16,22-23,25,28H,17H2,1H3,(H,31,33)(H,35,36)/t22?,23?,28-,40?/m1/s1. The number of nitrogens with zero attached hydrogens (tertiary/aromatic N) is 1. The third-order valence-corrected chi connectivity index (χ3v) is 8.63. The molecular weight excluding hydrogens is 532 g/mol. The van der Waals surface area contributed by atoms with Gasteiger partial charge < -0.3 is 15.2 Å². The van der Waals surface area contributed by atoms with Crippen molar-refractivity contribution >= 4 is 34.6 Å². The van der Waals surface area contributed by atoms with Crippen LogP contribution in [0.4, 0.5) is 0 Å². The van der Waals surface area contributed by atoms with Crippen LogP contribution in [-0.2, 0) is 34.7 Å². The van der Waals surface area contributed by atoms with Crippen molar-refractivity contribution in [2.75, 3.05) is 5.75 Å². The summed E-state index contributed by atoms with van der Waals surface area (Å²) in [6, 6.07) is 25.3. The number of carboxylic acid groups (broad SMARTS) is 1. The van der Waals surface area contributed by atoms with Crippen molar-refractivity contribution in [3.8, 4) is 0 Å². The second kappa shape index (κ2) is 11.3. The highest BCUT2D eigenvalue weighted by Gasteiger charge is 2.57. The van der Waals surface area contributed by atoms with Crippen molar-refractivity contribution in [3.63, 3.8) is 0 Å². The SMILES string of the molecule is CC1=C(C(=O)O)N2C(=O)C(NC(=O)C(C(=O)OC(c3ccccc3)c3ccccc3)c3ccccc3)[C@H]2S(=O)C1. The van der Waals surface area contributed by atoms with E-state index in [4.69, 9.17) is 4.74 Å². The second-order valence-electron chi connectivity index (χ2n) is 9.53. The first-order valence-corrected chi connectivity index (χ1v) is 13.9. The zero-order chi connectivity index (χ0) is 28.4. The largest absolute Gasteiger partial charge is 0.477 e. The third kappa shape index (κ3) is 5.05. The number of fused-ring (bicyclic) bond motifs is 1. The zero-order valence-corrected chi connectivity index (χ0v) is 22.2. The molecule has 0 bridgehead atoms. The molecule has 2 amide bonds. The Hall–Kier alpha value is -4.57. The summed E-state index contributed by atoms with van der Waals surface area (Å²) in [5.41, 5.74) is 1.85. The molecule has 0 aliphatic carbocycles. The van der Waals surface area contributed by atoms with Gasteiger partial charge >= 0.3 is 11.9 Å². The second-order valence-corrected chi connectivity index (χ2v) is 11.1. The Morgan fingerprint density at radius 2 is 1.40 bits per heavy atom. The van der Waals surface area contributed by atoms with Gasteiger partial charge in [0.2, 0.25) is 5.91 Å². The van der Waals surface area contributed by atoms with Crippen molar-refractivity contribution in [2.45, 2.75) is 30.4 Å². The van der Waals surface area contributed by atoms with E-state index in [1.807, 2.05) is 60.7 Å². The number of ether oxygens (including phenoxy) is 1. The van der Waals surface area contributed by atoms with E-state index in [1.165, 1.54) is 6.92 Å². The fraction of sp³-hybridized carbons (Fsp3) is 0.200. The molecule has 2 N–H and O–H groups in total. The summed E-state index contributed by atoms with van der Waals surface area (Å²) in [5, 5.41) is 11.1. The number of rotatable bonds is 8. The van der Waals surface area contributed by atoms with Gasteiger partial charge in [0, 0.05) is 5.75 Å². The predicted molar refractivity (Wildman–Crippen MR) is 146 cm³/mol. The van der Waals surface area contributed by atoms with E-state index in [0.717, 1.165) is 4.90 Å². The summed E-state index contributed by atoms with van der Waals surface area (Å²) in [6.07, 6.45) is -0.799. The van der Waals surface area contributed by atoms with Crippen molar-refractivity contribution in [2.24, 2.45) is 0 Å². The molecule has 3 unspecified atom stereocenters. The Kier molecular flexibility index (Phi) is 7.61. The van der Waals surface area contributed by atoms with Crippen molar-refractivity contribution < 1.29 is 33.2 Å². The molecule has 0 aromatic heterocycles. The quantitative estimate of drug-likeness (QED) is 0.247. The molecule has 2 heterocycles. The van der Waals surface area contributed by atoms with Gasteiger partial charge in [-0.1, -0.05) is 91.0 Å². The molecule has 4 atom stereocenters. The van der Waals surface area contributed by atoms with Crippen LogP contribution in [0.5, 0.6) is 0 Å². The predicted octanol–water partition coefficient (Wildman–Crippen LogP) is 2.88. The molecule has 10 heteroatoms. The average molecular weight is 559 g/mol. The van der Waals surface area contributed by atoms with E-state index >= 15 is 0 Å². The van der Waals surface area contributed by atoms with Crippen LogP contribution in [0.15, 0.2) is 102 Å². The molecule has 40 heavy (non-hydrogen) atoms. The maximum atomic E-state index is 13.7. The lowest BCUT2D eigenvalue weighted by Crippen LogP contribution is -2.73. The number of benzene rings is 3. The fourth-order valence-corrected chi connectivity index (χ4v) is 6.67. The fourth-order valence-electron chi connectivity index (χ4n) is 5.01. The van der Waals surface area contributed by atoms with Crippen molar-refractivity contribution in [1.29, 1.82) is 0 Å². The maximum absolute atomic E-state index is 13.7. The number of carboxylic acids is 1. The lowest BCUT2D eigenvalue weighted by atomic mass is 9.95. The van der Waals surface area contributed by atoms with E-state index in [-0.39, 0.29) is 11.4 Å². The summed E-state index contributed by atoms with van der Waals surface area (Å²) in [4.78, 5) is 53.0. The first-order chi connectivity index (χ1) is 19.3. The molecule has 0 spiro atoms. The van der Waals surface area contributed by atoms with Crippen LogP contribution in [-0.4, -0.2) is 55.1 Å². The van der Waals surface area contributed by atoms with E-state index in [0.29, 0.717) is 22.3 Å². The summed E-state index contributed by atoms with van der Waals surface area (Å²) < 4.78 is 18.8. The number of hydrogen-bond acceptors (Lipinski definition) is 6. The van der Waals surface area contributed by atoms with Gasteiger partial charge in [0.25, 0.3) is 5.91 Å². The smallest absolute Gasteiger partial charge is 0.352 e. The van der Waals surface area contributed by atoms with E-state index < -0.39 is 58.0 Å². The molecule has 2 aliphatic heterocycles. The maximum Gasteiger partial charge on any atom is 0.352 e. The number of carbonyl (C=O) groups excluding carboxylic acids is 3. The summed E-state index contributed by atoms with van der Waals surface area (Å²) in [5.74, 6) is -5.13. The van der Waals surface area contributed by atoms with E-state index in [1.54, 1.807) is 30.3 Å². The highest BCUT2D eigenvalue weighted by molar-refractivity contribution is 7.86. The van der Waals surface area contributed by atoms with Crippen LogP contribution in [0.3, 0.4) is 0 Å². The minimum Gasteiger partial charge on any atom is -0.477 e. The highest BCUT2D eigenvalue weighted by atomic mass is 32.2. The molecule has 9 nitrogen and oxygen atoms in total. The summed E-state index contributed by atoms with van der Waals surface area (Å²) in [7, 11) is -1.64. The normalized spacial score (nSPS) is 20.8. The number of β-lactam (4-membered cyclic amide) rings is 1. The summed E-state index contributed by atoms with van der Waals surface area (Å²) in [6.45, 7) is 1.51. The van der Waals surface area contributed by atoms with Gasteiger partial charge in [0.15, 0.2) is 12.0 Å². The molecule has 0 saturated carbocycles. The number of aliphatic carboxylic acids is 1. The Labute approximate surface area is 232 Å². The number of nitrogens with one attached hydrogen (secondary N) is 1. The van der Waals surface area contributed by atoms with Crippen LogP contribution in [0.1, 0.15) is 35.6 Å². The minimum absolute atomic E-state index is 0.0392. The molecule has 3 aromatic rings. The van der Waals surface area contributed by atoms with Crippen LogP contribution in [0, 0.1) is 0 Å². The van der Waals surface area contributed by atoms with Crippen LogP contribution in [0.2, 0.25) is 0 Å². The molecular formula is C30H26N2O7S. The Balaban J connectivity index is 1.43. The van der Waals surface area contributed by atoms with Gasteiger partial charge in [-0.2, -0.15) is 0 Å². The van der Waals surface area contributed by atoms with Gasteiger partial charge in [0.1, 0.15) is 17.1 Å². The van der Waals surface area contributed by atoms with E-state index in [9.17, 15) is 28.5 Å². The van der Waals surface area contributed by atoms with Gasteiger partial charge in [-0.3, -0.25) is 23.5 Å². The van der Waals surface area contributed by atoms with E-state index in [2.05, 4.69) is 5.32 Å². The van der Waals surface area contributed by atoms with Crippen LogP contribution < -0.4 is 5.32 Å². The first kappa shape index (κ1) is 27.0. The lowest BCUT2D eigenvalue weighted by Gasteiger charge is -2.49. The Morgan fingerprint density at radius 1 is 0.900 bits per heavy atom. The number of hydrogen-bond donors (Lipinski definition) is 2. The third-order valence-electron chi connectivity index (χ3n) is 6.89. The molecule has 5 rings (SSSR count). The molecule has 1 saturated heterocycles. The number of esters is 1. The summed E-state index contributed by atoms with van der Waals surface area (Å²) >= 11 is 0. The average Bonchev–Trinajstić information content (AvgIpc) is 2.96. The van der Waals surface area contributed by atoms with Gasteiger partial charge in [-0.05, 0) is 29.2 Å². The van der Waals surface area contributed by atoms with Gasteiger partial charge in [-0.15, -0.1) is 0 Å². The molecule has 1 fully saturated rings. The number of amides is 2.